The highest BCUT2D eigenvalue weighted by atomic mass is 16.5. The minimum absolute atomic E-state index is 0.457. The van der Waals surface area contributed by atoms with Crippen LogP contribution < -0.4 is 5.32 Å². The molecule has 0 aromatic carbocycles. The summed E-state index contributed by atoms with van der Waals surface area (Å²) in [5.41, 5.74) is 0.457. The third kappa shape index (κ3) is 6.21. The van der Waals surface area contributed by atoms with Crippen LogP contribution in [0, 0.1) is 5.41 Å². The van der Waals surface area contributed by atoms with Gasteiger partial charge in [-0.1, -0.05) is 6.92 Å². The summed E-state index contributed by atoms with van der Waals surface area (Å²) in [6.45, 7) is 15.2. The van der Waals surface area contributed by atoms with Crippen LogP contribution >= 0.6 is 0 Å². The van der Waals surface area contributed by atoms with Gasteiger partial charge in [-0.2, -0.15) is 0 Å². The highest BCUT2D eigenvalue weighted by molar-refractivity contribution is 4.89. The van der Waals surface area contributed by atoms with Crippen molar-refractivity contribution in [1.82, 2.24) is 10.2 Å². The maximum atomic E-state index is 5.50. The molecule has 4 nitrogen and oxygen atoms in total. The van der Waals surface area contributed by atoms with Crippen LogP contribution in [0.2, 0.25) is 0 Å². The Kier molecular flexibility index (Phi) is 8.62. The SMILES string of the molecule is CCOCCN(CCOCC)CC1(CC)CCNC1. The van der Waals surface area contributed by atoms with Crippen LogP contribution in [-0.2, 0) is 9.47 Å². The molecule has 1 atom stereocenters. The second-order valence-corrected chi connectivity index (χ2v) is 5.45. The molecule has 1 aliphatic rings. The van der Waals surface area contributed by atoms with Crippen molar-refractivity contribution in [2.75, 3.05) is 59.2 Å². The van der Waals surface area contributed by atoms with Gasteiger partial charge in [0.05, 0.1) is 13.2 Å². The summed E-state index contributed by atoms with van der Waals surface area (Å²) in [5.74, 6) is 0. The fourth-order valence-electron chi connectivity index (χ4n) is 2.76. The Morgan fingerprint density at radius 3 is 2.11 bits per heavy atom. The highest BCUT2D eigenvalue weighted by Gasteiger charge is 2.33. The molecule has 0 amide bonds. The van der Waals surface area contributed by atoms with Gasteiger partial charge < -0.3 is 14.8 Å². The van der Waals surface area contributed by atoms with E-state index in [0.29, 0.717) is 5.41 Å². The molecular weight excluding hydrogens is 240 g/mol. The van der Waals surface area contributed by atoms with Crippen LogP contribution in [0.4, 0.5) is 0 Å². The predicted molar refractivity (Wildman–Crippen MR) is 79.6 cm³/mol. The molecule has 0 radical (unpaired) electrons. The molecule has 0 spiro atoms. The van der Waals surface area contributed by atoms with E-state index in [0.717, 1.165) is 52.6 Å². The van der Waals surface area contributed by atoms with E-state index in [2.05, 4.69) is 31.0 Å². The smallest absolute Gasteiger partial charge is 0.0593 e. The van der Waals surface area contributed by atoms with Crippen molar-refractivity contribution in [3.63, 3.8) is 0 Å². The molecule has 1 saturated heterocycles. The third-order valence-corrected chi connectivity index (χ3v) is 4.15. The Hall–Kier alpha value is -0.160. The molecule has 114 valence electrons. The monoisotopic (exact) mass is 272 g/mol. The standard InChI is InChI=1S/C15H32N2O2/c1-4-15(7-8-16-13-15)14-17(9-11-18-5-2)10-12-19-6-3/h16H,4-14H2,1-3H3. The Bertz CT molecular complexity index is 208. The average molecular weight is 272 g/mol. The van der Waals surface area contributed by atoms with Crippen molar-refractivity contribution in [3.05, 3.63) is 0 Å². The van der Waals surface area contributed by atoms with Gasteiger partial charge in [-0.05, 0) is 38.6 Å². The Morgan fingerprint density at radius 1 is 1.05 bits per heavy atom. The molecule has 1 unspecified atom stereocenters. The number of hydrogen-bond acceptors (Lipinski definition) is 4. The van der Waals surface area contributed by atoms with Crippen LogP contribution in [0.15, 0.2) is 0 Å². The largest absolute Gasteiger partial charge is 0.380 e. The van der Waals surface area contributed by atoms with Crippen molar-refractivity contribution in [2.24, 2.45) is 5.41 Å². The Morgan fingerprint density at radius 2 is 1.68 bits per heavy atom. The maximum Gasteiger partial charge on any atom is 0.0593 e. The van der Waals surface area contributed by atoms with Gasteiger partial charge in [-0.25, -0.2) is 0 Å². The van der Waals surface area contributed by atoms with Gasteiger partial charge in [-0.3, -0.25) is 4.90 Å². The van der Waals surface area contributed by atoms with E-state index in [1.807, 2.05) is 0 Å². The molecule has 1 aliphatic heterocycles. The Labute approximate surface area is 118 Å². The van der Waals surface area contributed by atoms with E-state index in [-0.39, 0.29) is 0 Å². The van der Waals surface area contributed by atoms with E-state index in [1.54, 1.807) is 0 Å². The molecule has 19 heavy (non-hydrogen) atoms. The lowest BCUT2D eigenvalue weighted by atomic mass is 9.83. The van der Waals surface area contributed by atoms with E-state index >= 15 is 0 Å². The summed E-state index contributed by atoms with van der Waals surface area (Å²) in [4.78, 5) is 2.52. The quantitative estimate of drug-likeness (QED) is 0.581. The number of ether oxygens (including phenoxy) is 2. The van der Waals surface area contributed by atoms with E-state index < -0.39 is 0 Å². The molecule has 1 rings (SSSR count). The third-order valence-electron chi connectivity index (χ3n) is 4.15. The number of nitrogens with zero attached hydrogens (tertiary/aromatic N) is 1. The van der Waals surface area contributed by atoms with Gasteiger partial charge in [0, 0.05) is 39.4 Å². The van der Waals surface area contributed by atoms with Gasteiger partial charge in [0.25, 0.3) is 0 Å². The first-order chi connectivity index (χ1) is 9.26. The zero-order chi connectivity index (χ0) is 14.0. The molecule has 0 aliphatic carbocycles. The first-order valence-corrected chi connectivity index (χ1v) is 7.85. The minimum Gasteiger partial charge on any atom is -0.380 e. The summed E-state index contributed by atoms with van der Waals surface area (Å²) >= 11 is 0. The second kappa shape index (κ2) is 9.70. The van der Waals surface area contributed by atoms with Gasteiger partial charge in [0.15, 0.2) is 0 Å². The molecule has 1 fully saturated rings. The molecule has 0 bridgehead atoms. The average Bonchev–Trinajstić information content (AvgIpc) is 2.88. The van der Waals surface area contributed by atoms with Gasteiger partial charge in [-0.15, -0.1) is 0 Å². The van der Waals surface area contributed by atoms with Gasteiger partial charge in [0.1, 0.15) is 0 Å². The van der Waals surface area contributed by atoms with Crippen LogP contribution in [0.25, 0.3) is 0 Å². The number of nitrogens with one attached hydrogen (secondary N) is 1. The lowest BCUT2D eigenvalue weighted by molar-refractivity contribution is 0.0610. The maximum absolute atomic E-state index is 5.50. The molecule has 0 saturated carbocycles. The summed E-state index contributed by atoms with van der Waals surface area (Å²) in [6, 6.07) is 0. The zero-order valence-corrected chi connectivity index (χ0v) is 13.0. The fourth-order valence-corrected chi connectivity index (χ4v) is 2.76. The molecule has 0 aromatic heterocycles. The summed E-state index contributed by atoms with van der Waals surface area (Å²) in [7, 11) is 0. The van der Waals surface area contributed by atoms with Crippen LogP contribution in [0.3, 0.4) is 0 Å². The van der Waals surface area contributed by atoms with Gasteiger partial charge >= 0.3 is 0 Å². The van der Waals surface area contributed by atoms with Crippen molar-refractivity contribution in [1.29, 1.82) is 0 Å². The zero-order valence-electron chi connectivity index (χ0n) is 13.0. The van der Waals surface area contributed by atoms with Crippen LogP contribution in [-0.4, -0.2) is 64.1 Å². The first kappa shape index (κ1) is 16.9. The molecule has 0 aromatic rings. The van der Waals surface area contributed by atoms with Gasteiger partial charge in [0.2, 0.25) is 0 Å². The lowest BCUT2D eigenvalue weighted by Gasteiger charge is -2.34. The predicted octanol–water partition coefficient (Wildman–Crippen LogP) is 1.75. The van der Waals surface area contributed by atoms with E-state index in [9.17, 15) is 0 Å². The first-order valence-electron chi connectivity index (χ1n) is 7.85. The van der Waals surface area contributed by atoms with Crippen LogP contribution in [0.5, 0.6) is 0 Å². The second-order valence-electron chi connectivity index (χ2n) is 5.45. The number of hydrogen-bond donors (Lipinski definition) is 1. The topological polar surface area (TPSA) is 33.7 Å². The van der Waals surface area contributed by atoms with Crippen molar-refractivity contribution >= 4 is 0 Å². The summed E-state index contributed by atoms with van der Waals surface area (Å²) in [5, 5.41) is 3.51. The molecule has 1 heterocycles. The fraction of sp³-hybridized carbons (Fsp3) is 1.00. The molecular formula is C15H32N2O2. The van der Waals surface area contributed by atoms with E-state index in [1.165, 1.54) is 19.4 Å². The normalized spacial score (nSPS) is 23.4. The number of rotatable bonds is 11. The molecule has 4 heteroatoms. The summed E-state index contributed by atoms with van der Waals surface area (Å²) < 4.78 is 11.0. The van der Waals surface area contributed by atoms with Crippen LogP contribution in [0.1, 0.15) is 33.6 Å². The van der Waals surface area contributed by atoms with E-state index in [4.69, 9.17) is 9.47 Å². The Balaban J connectivity index is 2.41. The minimum atomic E-state index is 0.457. The summed E-state index contributed by atoms with van der Waals surface area (Å²) in [6.07, 6.45) is 2.54. The highest BCUT2D eigenvalue weighted by Crippen LogP contribution is 2.30. The lowest BCUT2D eigenvalue weighted by Crippen LogP contribution is -2.42. The van der Waals surface area contributed by atoms with Crippen molar-refractivity contribution in [3.8, 4) is 0 Å². The molecule has 1 N–H and O–H groups in total. The van der Waals surface area contributed by atoms with Crippen molar-refractivity contribution < 1.29 is 9.47 Å². The van der Waals surface area contributed by atoms with Crippen molar-refractivity contribution in [2.45, 2.75) is 33.6 Å².